The molecule has 1 N–H and O–H groups in total. The molecule has 0 bridgehead atoms. The predicted molar refractivity (Wildman–Crippen MR) is 87.0 cm³/mol. The molecule has 21 heavy (non-hydrogen) atoms. The first-order valence-electron chi connectivity index (χ1n) is 8.40. The number of nitrogens with one attached hydrogen (secondary N) is 1. The largest absolute Gasteiger partial charge is 0.370 e. The molecule has 2 saturated heterocycles. The first-order valence-corrected chi connectivity index (χ1v) is 8.40. The Hall–Kier alpha value is -1.36. The van der Waals surface area contributed by atoms with E-state index in [1.807, 2.05) is 0 Å². The molecule has 0 spiro atoms. The van der Waals surface area contributed by atoms with E-state index in [9.17, 15) is 0 Å². The summed E-state index contributed by atoms with van der Waals surface area (Å²) < 4.78 is 0. The van der Waals surface area contributed by atoms with Crippen LogP contribution in [-0.4, -0.2) is 53.6 Å². The summed E-state index contributed by atoms with van der Waals surface area (Å²) in [4.78, 5) is 14.1. The SMILES string of the molecule is CCNc1ncnc(N2CCC(N3CCCC3)C2)c1CC. The zero-order chi connectivity index (χ0) is 14.7. The third-order valence-corrected chi connectivity index (χ3v) is 4.74. The van der Waals surface area contributed by atoms with E-state index in [4.69, 9.17) is 0 Å². The van der Waals surface area contributed by atoms with Gasteiger partial charge in [-0.2, -0.15) is 0 Å². The molecule has 1 aromatic rings. The molecule has 0 aliphatic carbocycles. The highest BCUT2D eigenvalue weighted by Gasteiger charge is 2.31. The van der Waals surface area contributed by atoms with Crippen molar-refractivity contribution in [2.24, 2.45) is 0 Å². The third kappa shape index (κ3) is 2.98. The first kappa shape index (κ1) is 14.6. The van der Waals surface area contributed by atoms with Crippen molar-refractivity contribution in [1.82, 2.24) is 14.9 Å². The van der Waals surface area contributed by atoms with Gasteiger partial charge in [0.2, 0.25) is 0 Å². The molecule has 3 rings (SSSR count). The quantitative estimate of drug-likeness (QED) is 0.900. The smallest absolute Gasteiger partial charge is 0.137 e. The summed E-state index contributed by atoms with van der Waals surface area (Å²) >= 11 is 0. The molecule has 0 radical (unpaired) electrons. The van der Waals surface area contributed by atoms with Crippen molar-refractivity contribution in [3.05, 3.63) is 11.9 Å². The Kier molecular flexibility index (Phi) is 4.58. The zero-order valence-corrected chi connectivity index (χ0v) is 13.3. The maximum absolute atomic E-state index is 4.59. The van der Waals surface area contributed by atoms with Gasteiger partial charge in [-0.3, -0.25) is 4.90 Å². The van der Waals surface area contributed by atoms with Gasteiger partial charge in [0.15, 0.2) is 0 Å². The minimum Gasteiger partial charge on any atom is -0.370 e. The van der Waals surface area contributed by atoms with Gasteiger partial charge in [0.1, 0.15) is 18.0 Å². The molecule has 5 nitrogen and oxygen atoms in total. The van der Waals surface area contributed by atoms with Gasteiger partial charge in [0, 0.05) is 31.2 Å². The van der Waals surface area contributed by atoms with Crippen molar-refractivity contribution >= 4 is 11.6 Å². The van der Waals surface area contributed by atoms with Gasteiger partial charge < -0.3 is 10.2 Å². The second kappa shape index (κ2) is 6.60. The molecule has 1 aromatic heterocycles. The highest BCUT2D eigenvalue weighted by atomic mass is 15.3. The fraction of sp³-hybridized carbons (Fsp3) is 0.750. The van der Waals surface area contributed by atoms with Crippen molar-refractivity contribution in [3.63, 3.8) is 0 Å². The van der Waals surface area contributed by atoms with Gasteiger partial charge in [0.25, 0.3) is 0 Å². The Labute approximate surface area is 127 Å². The second-order valence-corrected chi connectivity index (χ2v) is 6.04. The third-order valence-electron chi connectivity index (χ3n) is 4.74. The van der Waals surface area contributed by atoms with Crippen LogP contribution in [-0.2, 0) is 6.42 Å². The normalized spacial score (nSPS) is 23.0. The first-order chi connectivity index (χ1) is 10.3. The van der Waals surface area contributed by atoms with Crippen LogP contribution in [0.4, 0.5) is 11.6 Å². The summed E-state index contributed by atoms with van der Waals surface area (Å²) in [7, 11) is 0. The van der Waals surface area contributed by atoms with Crippen LogP contribution in [0.3, 0.4) is 0 Å². The van der Waals surface area contributed by atoms with Crippen LogP contribution in [0.15, 0.2) is 6.33 Å². The Morgan fingerprint density at radius 2 is 2.00 bits per heavy atom. The van der Waals surface area contributed by atoms with Crippen LogP contribution in [0.2, 0.25) is 0 Å². The number of anilines is 2. The van der Waals surface area contributed by atoms with E-state index in [1.165, 1.54) is 37.9 Å². The molecule has 2 aliphatic rings. The molecule has 2 fully saturated rings. The number of likely N-dealkylation sites (tertiary alicyclic amines) is 1. The summed E-state index contributed by atoms with van der Waals surface area (Å²) in [6, 6.07) is 0.717. The van der Waals surface area contributed by atoms with E-state index < -0.39 is 0 Å². The van der Waals surface area contributed by atoms with E-state index in [-0.39, 0.29) is 0 Å². The zero-order valence-electron chi connectivity index (χ0n) is 13.3. The number of hydrogen-bond acceptors (Lipinski definition) is 5. The average molecular weight is 289 g/mol. The van der Waals surface area contributed by atoms with E-state index in [2.05, 4.69) is 38.9 Å². The van der Waals surface area contributed by atoms with E-state index in [1.54, 1.807) is 6.33 Å². The maximum Gasteiger partial charge on any atom is 0.137 e. The van der Waals surface area contributed by atoms with Crippen molar-refractivity contribution < 1.29 is 0 Å². The monoisotopic (exact) mass is 289 g/mol. The Bertz CT molecular complexity index is 470. The average Bonchev–Trinajstić information content (AvgIpc) is 3.18. The van der Waals surface area contributed by atoms with Gasteiger partial charge in [-0.1, -0.05) is 6.92 Å². The summed E-state index contributed by atoms with van der Waals surface area (Å²) in [6.07, 6.45) is 6.69. The molecule has 1 atom stereocenters. The number of rotatable bonds is 5. The molecule has 3 heterocycles. The highest BCUT2D eigenvalue weighted by molar-refractivity contribution is 5.59. The molecule has 1 unspecified atom stereocenters. The molecular weight excluding hydrogens is 262 g/mol. The lowest BCUT2D eigenvalue weighted by Crippen LogP contribution is -2.35. The van der Waals surface area contributed by atoms with Crippen molar-refractivity contribution in [2.75, 3.05) is 42.9 Å². The lowest BCUT2D eigenvalue weighted by Gasteiger charge is -2.25. The predicted octanol–water partition coefficient (Wildman–Crippen LogP) is 2.15. The summed E-state index contributed by atoms with van der Waals surface area (Å²) in [5.74, 6) is 2.15. The van der Waals surface area contributed by atoms with Crippen LogP contribution in [0, 0.1) is 0 Å². The minimum absolute atomic E-state index is 0.717. The maximum atomic E-state index is 4.59. The van der Waals surface area contributed by atoms with Crippen LogP contribution in [0.25, 0.3) is 0 Å². The number of aromatic nitrogens is 2. The van der Waals surface area contributed by atoms with Crippen molar-refractivity contribution in [2.45, 2.75) is 45.6 Å². The fourth-order valence-corrected chi connectivity index (χ4v) is 3.66. The summed E-state index contributed by atoms with van der Waals surface area (Å²) in [5.41, 5.74) is 1.27. The molecular formula is C16H27N5. The Morgan fingerprint density at radius 1 is 1.19 bits per heavy atom. The topological polar surface area (TPSA) is 44.3 Å². The number of nitrogens with zero attached hydrogens (tertiary/aromatic N) is 4. The second-order valence-electron chi connectivity index (χ2n) is 6.04. The molecule has 0 amide bonds. The Morgan fingerprint density at radius 3 is 2.71 bits per heavy atom. The Balaban J connectivity index is 1.76. The van der Waals surface area contributed by atoms with E-state index in [0.29, 0.717) is 0 Å². The molecule has 5 heteroatoms. The lowest BCUT2D eigenvalue weighted by atomic mass is 10.2. The molecule has 0 saturated carbocycles. The van der Waals surface area contributed by atoms with Gasteiger partial charge in [-0.05, 0) is 45.7 Å². The van der Waals surface area contributed by atoms with Crippen molar-refractivity contribution in [1.29, 1.82) is 0 Å². The van der Waals surface area contributed by atoms with Crippen molar-refractivity contribution in [3.8, 4) is 0 Å². The summed E-state index contributed by atoms with van der Waals surface area (Å²) in [5, 5.41) is 3.37. The van der Waals surface area contributed by atoms with Gasteiger partial charge >= 0.3 is 0 Å². The van der Waals surface area contributed by atoms with Crippen LogP contribution >= 0.6 is 0 Å². The summed E-state index contributed by atoms with van der Waals surface area (Å²) in [6.45, 7) is 10.0. The molecule has 116 valence electrons. The molecule has 2 aliphatic heterocycles. The number of hydrogen-bond donors (Lipinski definition) is 1. The van der Waals surface area contributed by atoms with Crippen LogP contribution in [0.1, 0.15) is 38.7 Å². The standard InChI is InChI=1S/C16H27N5/c1-3-14-15(17-4-2)18-12-19-16(14)21-10-7-13(11-21)20-8-5-6-9-20/h12-13H,3-11H2,1-2H3,(H,17,18,19). The van der Waals surface area contributed by atoms with Crippen LogP contribution < -0.4 is 10.2 Å². The van der Waals surface area contributed by atoms with Gasteiger partial charge in [-0.25, -0.2) is 9.97 Å². The fourth-order valence-electron chi connectivity index (χ4n) is 3.66. The minimum atomic E-state index is 0.717. The van der Waals surface area contributed by atoms with Gasteiger partial charge in [-0.15, -0.1) is 0 Å². The van der Waals surface area contributed by atoms with E-state index in [0.717, 1.165) is 43.7 Å². The van der Waals surface area contributed by atoms with Gasteiger partial charge in [0.05, 0.1) is 0 Å². The highest BCUT2D eigenvalue weighted by Crippen LogP contribution is 2.29. The molecule has 0 aromatic carbocycles. The van der Waals surface area contributed by atoms with E-state index >= 15 is 0 Å². The lowest BCUT2D eigenvalue weighted by molar-refractivity contribution is 0.260. The van der Waals surface area contributed by atoms with Crippen LogP contribution in [0.5, 0.6) is 0 Å².